The zero-order valence-corrected chi connectivity index (χ0v) is 13.9. The number of methoxy groups -OCH3 is 2. The Morgan fingerprint density at radius 2 is 2.18 bits per heavy atom. The molecule has 2 atom stereocenters. The Bertz CT molecular complexity index is 498. The van der Waals surface area contributed by atoms with E-state index < -0.39 is 0 Å². The van der Waals surface area contributed by atoms with Gasteiger partial charge >= 0.3 is 0 Å². The molecule has 124 valence electrons. The van der Waals surface area contributed by atoms with Gasteiger partial charge in [-0.1, -0.05) is 0 Å². The number of rotatable bonds is 8. The SMILES string of the molecule is COCC(C)(CCO)NCc1cc(OC)cc2c1OC(C)C2. The van der Waals surface area contributed by atoms with Crippen LogP contribution in [0.25, 0.3) is 0 Å². The minimum Gasteiger partial charge on any atom is -0.497 e. The average Bonchev–Trinajstić information content (AvgIpc) is 2.85. The van der Waals surface area contributed by atoms with Gasteiger partial charge in [0.1, 0.15) is 17.6 Å². The monoisotopic (exact) mass is 309 g/mol. The van der Waals surface area contributed by atoms with E-state index in [1.807, 2.05) is 12.1 Å². The molecule has 5 heteroatoms. The molecule has 0 saturated heterocycles. The van der Waals surface area contributed by atoms with Crippen LogP contribution in [0.4, 0.5) is 0 Å². The second-order valence-corrected chi connectivity index (χ2v) is 6.23. The molecule has 0 amide bonds. The van der Waals surface area contributed by atoms with Crippen LogP contribution < -0.4 is 14.8 Å². The molecule has 1 aromatic carbocycles. The predicted molar refractivity (Wildman–Crippen MR) is 85.6 cm³/mol. The van der Waals surface area contributed by atoms with Crippen molar-refractivity contribution in [2.24, 2.45) is 0 Å². The van der Waals surface area contributed by atoms with Crippen LogP contribution in [-0.4, -0.2) is 44.2 Å². The van der Waals surface area contributed by atoms with Gasteiger partial charge in [-0.3, -0.25) is 0 Å². The topological polar surface area (TPSA) is 60.0 Å². The Hall–Kier alpha value is -1.30. The summed E-state index contributed by atoms with van der Waals surface area (Å²) in [6, 6.07) is 4.06. The lowest BCUT2D eigenvalue weighted by atomic mass is 9.98. The molecule has 2 rings (SSSR count). The van der Waals surface area contributed by atoms with Gasteiger partial charge in [0.15, 0.2) is 0 Å². The summed E-state index contributed by atoms with van der Waals surface area (Å²) in [6.45, 7) is 5.43. The molecule has 0 aromatic heterocycles. The van der Waals surface area contributed by atoms with Crippen LogP contribution in [0.15, 0.2) is 12.1 Å². The summed E-state index contributed by atoms with van der Waals surface area (Å²) in [5, 5.41) is 12.7. The van der Waals surface area contributed by atoms with Crippen LogP contribution in [0.2, 0.25) is 0 Å². The van der Waals surface area contributed by atoms with Crippen LogP contribution in [-0.2, 0) is 17.7 Å². The maximum Gasteiger partial charge on any atom is 0.127 e. The minimum absolute atomic E-state index is 0.122. The summed E-state index contributed by atoms with van der Waals surface area (Å²) < 4.78 is 16.6. The summed E-state index contributed by atoms with van der Waals surface area (Å²) in [5.41, 5.74) is 2.00. The van der Waals surface area contributed by atoms with E-state index in [1.165, 1.54) is 5.56 Å². The van der Waals surface area contributed by atoms with E-state index in [1.54, 1.807) is 14.2 Å². The predicted octanol–water partition coefficient (Wildman–Crippen LogP) is 1.90. The highest BCUT2D eigenvalue weighted by molar-refractivity contribution is 5.49. The minimum atomic E-state index is -0.274. The van der Waals surface area contributed by atoms with E-state index in [4.69, 9.17) is 14.2 Å². The smallest absolute Gasteiger partial charge is 0.127 e. The quantitative estimate of drug-likeness (QED) is 0.768. The van der Waals surface area contributed by atoms with E-state index >= 15 is 0 Å². The van der Waals surface area contributed by atoms with Gasteiger partial charge in [0.05, 0.1) is 13.7 Å². The summed E-state index contributed by atoms with van der Waals surface area (Å²) in [5.74, 6) is 1.81. The summed E-state index contributed by atoms with van der Waals surface area (Å²) >= 11 is 0. The van der Waals surface area contributed by atoms with Gasteiger partial charge in [-0.2, -0.15) is 0 Å². The van der Waals surface area contributed by atoms with Crippen molar-refractivity contribution in [3.63, 3.8) is 0 Å². The number of fused-ring (bicyclic) bond motifs is 1. The average molecular weight is 309 g/mol. The molecular formula is C17H27NO4. The molecule has 0 aliphatic carbocycles. The van der Waals surface area contributed by atoms with Crippen LogP contribution in [0, 0.1) is 0 Å². The van der Waals surface area contributed by atoms with Gasteiger partial charge < -0.3 is 24.6 Å². The van der Waals surface area contributed by atoms with Gasteiger partial charge in [0.2, 0.25) is 0 Å². The van der Waals surface area contributed by atoms with Crippen molar-refractivity contribution in [3.05, 3.63) is 23.3 Å². The number of nitrogens with one attached hydrogen (secondary N) is 1. The summed E-state index contributed by atoms with van der Waals surface area (Å²) in [4.78, 5) is 0. The van der Waals surface area contributed by atoms with E-state index in [0.717, 1.165) is 23.5 Å². The molecule has 1 aromatic rings. The Balaban J connectivity index is 2.17. The molecular weight excluding hydrogens is 282 g/mol. The Morgan fingerprint density at radius 3 is 2.82 bits per heavy atom. The normalized spacial score (nSPS) is 19.4. The number of hydrogen-bond acceptors (Lipinski definition) is 5. The van der Waals surface area contributed by atoms with Crippen molar-refractivity contribution < 1.29 is 19.3 Å². The van der Waals surface area contributed by atoms with Crippen molar-refractivity contribution in [2.45, 2.75) is 44.9 Å². The summed E-state index contributed by atoms with van der Waals surface area (Å²) in [6.07, 6.45) is 1.74. The Kier molecular flexibility index (Phi) is 5.67. The summed E-state index contributed by atoms with van der Waals surface area (Å²) in [7, 11) is 3.35. The lowest BCUT2D eigenvalue weighted by Crippen LogP contribution is -2.46. The zero-order valence-electron chi connectivity index (χ0n) is 13.9. The molecule has 0 spiro atoms. The standard InChI is InChI=1S/C17H27NO4/c1-12-7-13-8-15(21-4)9-14(16(13)22-12)10-18-17(2,5-6-19)11-20-3/h8-9,12,18-19H,5-7,10-11H2,1-4H3. The third kappa shape index (κ3) is 3.91. The first-order valence-corrected chi connectivity index (χ1v) is 7.72. The first-order chi connectivity index (χ1) is 10.5. The largest absolute Gasteiger partial charge is 0.497 e. The highest BCUT2D eigenvalue weighted by atomic mass is 16.5. The van der Waals surface area contributed by atoms with E-state index in [-0.39, 0.29) is 18.2 Å². The molecule has 2 N–H and O–H groups in total. The fourth-order valence-corrected chi connectivity index (χ4v) is 2.91. The first kappa shape index (κ1) is 17.1. The molecule has 1 aliphatic rings. The van der Waals surface area contributed by atoms with Crippen molar-refractivity contribution >= 4 is 0 Å². The number of hydrogen-bond donors (Lipinski definition) is 2. The molecule has 5 nitrogen and oxygen atoms in total. The van der Waals surface area contributed by atoms with Gasteiger partial charge in [-0.05, 0) is 32.4 Å². The van der Waals surface area contributed by atoms with E-state index in [0.29, 0.717) is 19.6 Å². The maximum absolute atomic E-state index is 9.26. The first-order valence-electron chi connectivity index (χ1n) is 7.72. The van der Waals surface area contributed by atoms with Crippen LogP contribution in [0.5, 0.6) is 11.5 Å². The number of aliphatic hydroxyl groups is 1. The fourth-order valence-electron chi connectivity index (χ4n) is 2.91. The maximum atomic E-state index is 9.26. The molecule has 0 radical (unpaired) electrons. The molecule has 0 fully saturated rings. The highest BCUT2D eigenvalue weighted by Crippen LogP contribution is 2.36. The molecule has 0 saturated carbocycles. The van der Waals surface area contributed by atoms with Gasteiger partial charge in [0.25, 0.3) is 0 Å². The van der Waals surface area contributed by atoms with Gasteiger partial charge in [-0.15, -0.1) is 0 Å². The van der Waals surface area contributed by atoms with Crippen molar-refractivity contribution in [1.82, 2.24) is 5.32 Å². The lowest BCUT2D eigenvalue weighted by Gasteiger charge is -2.30. The second-order valence-electron chi connectivity index (χ2n) is 6.23. The molecule has 1 aliphatic heterocycles. The van der Waals surface area contributed by atoms with E-state index in [9.17, 15) is 5.11 Å². The van der Waals surface area contributed by atoms with E-state index in [2.05, 4.69) is 19.2 Å². The Morgan fingerprint density at radius 1 is 1.41 bits per heavy atom. The van der Waals surface area contributed by atoms with Crippen LogP contribution in [0.1, 0.15) is 31.4 Å². The molecule has 2 unspecified atom stereocenters. The Labute approximate surface area is 132 Å². The van der Waals surface area contributed by atoms with Crippen molar-refractivity contribution in [2.75, 3.05) is 27.4 Å². The third-order valence-corrected chi connectivity index (χ3v) is 4.11. The molecule has 22 heavy (non-hydrogen) atoms. The lowest BCUT2D eigenvalue weighted by molar-refractivity contribution is 0.0967. The van der Waals surface area contributed by atoms with Crippen molar-refractivity contribution in [1.29, 1.82) is 0 Å². The van der Waals surface area contributed by atoms with Crippen molar-refractivity contribution in [3.8, 4) is 11.5 Å². The van der Waals surface area contributed by atoms with Gasteiger partial charge in [-0.25, -0.2) is 0 Å². The second kappa shape index (κ2) is 7.31. The van der Waals surface area contributed by atoms with Gasteiger partial charge in [0, 0.05) is 43.3 Å². The molecule has 0 bridgehead atoms. The fraction of sp³-hybridized carbons (Fsp3) is 0.647. The molecule has 1 heterocycles. The number of benzene rings is 1. The van der Waals surface area contributed by atoms with Crippen LogP contribution >= 0.6 is 0 Å². The highest BCUT2D eigenvalue weighted by Gasteiger charge is 2.27. The van der Waals surface area contributed by atoms with Crippen LogP contribution in [0.3, 0.4) is 0 Å². The number of ether oxygens (including phenoxy) is 3. The zero-order chi connectivity index (χ0) is 16.2. The number of aliphatic hydroxyl groups excluding tert-OH is 1. The third-order valence-electron chi connectivity index (χ3n) is 4.11.